The van der Waals surface area contributed by atoms with Crippen LogP contribution in [-0.4, -0.2) is 61.1 Å². The zero-order valence-corrected chi connectivity index (χ0v) is 14.5. The van der Waals surface area contributed by atoms with E-state index >= 15 is 0 Å². The molecule has 2 atom stereocenters. The average molecular weight is 324 g/mol. The van der Waals surface area contributed by atoms with Crippen LogP contribution in [0.4, 0.5) is 4.79 Å². The van der Waals surface area contributed by atoms with E-state index in [1.54, 1.807) is 6.19 Å². The molecule has 1 N–H and O–H groups in total. The Morgan fingerprint density at radius 2 is 2.13 bits per heavy atom. The van der Waals surface area contributed by atoms with Crippen LogP contribution in [0.5, 0.6) is 0 Å². The lowest BCUT2D eigenvalue weighted by atomic mass is 10.0. The lowest BCUT2D eigenvalue weighted by Crippen LogP contribution is -2.48. The van der Waals surface area contributed by atoms with Gasteiger partial charge in [-0.05, 0) is 38.8 Å². The van der Waals surface area contributed by atoms with Crippen molar-refractivity contribution in [2.24, 2.45) is 5.92 Å². The molecule has 0 aliphatic carbocycles. The van der Waals surface area contributed by atoms with Crippen LogP contribution >= 0.6 is 0 Å². The van der Waals surface area contributed by atoms with Crippen molar-refractivity contribution in [3.05, 3.63) is 0 Å². The average Bonchev–Trinajstić information content (AvgIpc) is 2.51. The molecule has 0 aromatic carbocycles. The summed E-state index contributed by atoms with van der Waals surface area (Å²) in [6, 6.07) is -0.508. The number of hydrogen-bond acceptors (Lipinski definition) is 5. The number of nitrogens with one attached hydrogen (secondary N) is 1. The van der Waals surface area contributed by atoms with Gasteiger partial charge in [0, 0.05) is 13.1 Å². The molecule has 0 saturated carbocycles. The van der Waals surface area contributed by atoms with E-state index in [0.717, 1.165) is 24.3 Å². The maximum atomic E-state index is 12.1. The van der Waals surface area contributed by atoms with E-state index in [-0.39, 0.29) is 12.0 Å². The summed E-state index contributed by atoms with van der Waals surface area (Å²) < 4.78 is 5.28. The number of hydrogen-bond donors (Lipinski definition) is 1. The second-order valence-electron chi connectivity index (χ2n) is 6.55. The van der Waals surface area contributed by atoms with Crippen molar-refractivity contribution in [2.75, 3.05) is 27.2 Å². The minimum atomic E-state index is -0.740. The van der Waals surface area contributed by atoms with Crippen molar-refractivity contribution in [2.45, 2.75) is 51.6 Å². The minimum absolute atomic E-state index is 0.209. The molecule has 0 bridgehead atoms. The number of piperidine rings is 1. The third-order valence-corrected chi connectivity index (χ3v) is 4.11. The van der Waals surface area contributed by atoms with Gasteiger partial charge in [0.2, 0.25) is 0 Å². The first-order valence-corrected chi connectivity index (χ1v) is 8.16. The van der Waals surface area contributed by atoms with Crippen molar-refractivity contribution in [1.29, 1.82) is 5.26 Å². The molecule has 23 heavy (non-hydrogen) atoms. The van der Waals surface area contributed by atoms with Crippen LogP contribution in [-0.2, 0) is 9.53 Å². The van der Waals surface area contributed by atoms with Gasteiger partial charge in [-0.25, -0.2) is 4.79 Å². The van der Waals surface area contributed by atoms with Crippen LogP contribution in [0.1, 0.15) is 39.5 Å². The van der Waals surface area contributed by atoms with Gasteiger partial charge < -0.3 is 15.0 Å². The third-order valence-electron chi connectivity index (χ3n) is 4.11. The Bertz CT molecular complexity index is 447. The molecule has 1 rings (SSSR count). The Hall–Kier alpha value is -1.81. The fraction of sp³-hybridized carbons (Fsp3) is 0.812. The van der Waals surface area contributed by atoms with E-state index < -0.39 is 18.0 Å². The fourth-order valence-corrected chi connectivity index (χ4v) is 2.69. The number of amides is 2. The van der Waals surface area contributed by atoms with Crippen LogP contribution in [0.25, 0.3) is 0 Å². The standard InChI is InChI=1S/C16H28N4O3/c1-12(2)9-14(15(21)20(4)11-17)18-16(22)23-10-13-7-5-6-8-19(13)3/h12-14H,5-10H2,1-4H3,(H,18,22)/t13?,14-/m1/s1. The smallest absolute Gasteiger partial charge is 0.407 e. The van der Waals surface area contributed by atoms with Crippen molar-refractivity contribution in [3.8, 4) is 6.19 Å². The summed E-state index contributed by atoms with van der Waals surface area (Å²) in [5, 5.41) is 11.4. The van der Waals surface area contributed by atoms with E-state index in [0.29, 0.717) is 13.0 Å². The summed E-state index contributed by atoms with van der Waals surface area (Å²) in [5.41, 5.74) is 0. The number of nitrogens with zero attached hydrogens (tertiary/aromatic N) is 3. The molecule has 0 radical (unpaired) electrons. The SMILES string of the molecule is CC(C)C[C@@H](NC(=O)OCC1CCCCN1C)C(=O)N(C)C#N. The number of likely N-dealkylation sites (tertiary alicyclic amines) is 1. The first kappa shape index (κ1) is 19.2. The maximum absolute atomic E-state index is 12.1. The van der Waals surface area contributed by atoms with Gasteiger partial charge >= 0.3 is 6.09 Å². The molecule has 130 valence electrons. The second-order valence-corrected chi connectivity index (χ2v) is 6.55. The lowest BCUT2D eigenvalue weighted by Gasteiger charge is -2.32. The molecule has 1 unspecified atom stereocenters. The zero-order chi connectivity index (χ0) is 17.4. The van der Waals surface area contributed by atoms with E-state index in [1.165, 1.54) is 13.5 Å². The number of carbonyl (C=O) groups is 2. The number of alkyl carbamates (subject to hydrolysis) is 1. The van der Waals surface area contributed by atoms with E-state index in [9.17, 15) is 9.59 Å². The largest absolute Gasteiger partial charge is 0.448 e. The summed E-state index contributed by atoms with van der Waals surface area (Å²) in [7, 11) is 3.41. The summed E-state index contributed by atoms with van der Waals surface area (Å²) in [5.74, 6) is -0.214. The van der Waals surface area contributed by atoms with Gasteiger partial charge in [-0.1, -0.05) is 20.3 Å². The molecule has 0 aromatic heterocycles. The van der Waals surface area contributed by atoms with Crippen molar-refractivity contribution < 1.29 is 14.3 Å². The van der Waals surface area contributed by atoms with Gasteiger partial charge in [-0.15, -0.1) is 0 Å². The number of ether oxygens (including phenoxy) is 1. The highest BCUT2D eigenvalue weighted by atomic mass is 16.5. The highest BCUT2D eigenvalue weighted by Gasteiger charge is 2.26. The van der Waals surface area contributed by atoms with Gasteiger partial charge in [-0.2, -0.15) is 5.26 Å². The van der Waals surface area contributed by atoms with Crippen LogP contribution in [0.2, 0.25) is 0 Å². The Morgan fingerprint density at radius 1 is 1.43 bits per heavy atom. The monoisotopic (exact) mass is 324 g/mol. The van der Waals surface area contributed by atoms with Crippen LogP contribution < -0.4 is 5.32 Å². The van der Waals surface area contributed by atoms with Crippen molar-refractivity contribution >= 4 is 12.0 Å². The maximum Gasteiger partial charge on any atom is 0.407 e. The lowest BCUT2D eigenvalue weighted by molar-refractivity contribution is -0.129. The van der Waals surface area contributed by atoms with Crippen LogP contribution in [0.3, 0.4) is 0 Å². The Balaban J connectivity index is 2.52. The van der Waals surface area contributed by atoms with Gasteiger partial charge in [0.05, 0.1) is 0 Å². The highest BCUT2D eigenvalue weighted by Crippen LogP contribution is 2.15. The van der Waals surface area contributed by atoms with Gasteiger partial charge in [0.15, 0.2) is 6.19 Å². The number of likely N-dealkylation sites (N-methyl/N-ethyl adjacent to an activating group) is 2. The molecule has 7 nitrogen and oxygen atoms in total. The third kappa shape index (κ3) is 6.45. The van der Waals surface area contributed by atoms with Gasteiger partial charge in [0.1, 0.15) is 12.6 Å². The molecule has 1 aliphatic rings. The van der Waals surface area contributed by atoms with Gasteiger partial charge in [-0.3, -0.25) is 9.69 Å². The van der Waals surface area contributed by atoms with Gasteiger partial charge in [0.25, 0.3) is 5.91 Å². The molecule has 1 fully saturated rings. The Kier molecular flexibility index (Phi) is 7.83. The molecule has 0 spiro atoms. The normalized spacial score (nSPS) is 19.7. The summed E-state index contributed by atoms with van der Waals surface area (Å²) in [6.45, 7) is 5.24. The summed E-state index contributed by atoms with van der Waals surface area (Å²) in [6.07, 6.45) is 4.95. The molecular formula is C16H28N4O3. The van der Waals surface area contributed by atoms with E-state index in [4.69, 9.17) is 10.00 Å². The molecule has 1 aliphatic heterocycles. The molecule has 7 heteroatoms. The quantitative estimate of drug-likeness (QED) is 0.592. The van der Waals surface area contributed by atoms with E-state index in [1.807, 2.05) is 20.9 Å². The predicted molar refractivity (Wildman–Crippen MR) is 86.4 cm³/mol. The highest BCUT2D eigenvalue weighted by molar-refractivity contribution is 5.86. The molecule has 2 amide bonds. The summed E-state index contributed by atoms with van der Waals surface area (Å²) in [4.78, 5) is 27.2. The van der Waals surface area contributed by atoms with E-state index in [2.05, 4.69) is 10.2 Å². The van der Waals surface area contributed by atoms with Crippen LogP contribution in [0, 0.1) is 17.4 Å². The second kappa shape index (κ2) is 9.36. The van der Waals surface area contributed by atoms with Crippen molar-refractivity contribution in [3.63, 3.8) is 0 Å². The molecule has 1 saturated heterocycles. The summed E-state index contributed by atoms with van der Waals surface area (Å²) >= 11 is 0. The Labute approximate surface area is 138 Å². The topological polar surface area (TPSA) is 85.7 Å². The number of carbonyl (C=O) groups excluding carboxylic acids is 2. The zero-order valence-electron chi connectivity index (χ0n) is 14.5. The molecule has 1 heterocycles. The number of rotatable bonds is 6. The molecular weight excluding hydrogens is 296 g/mol. The Morgan fingerprint density at radius 3 is 2.70 bits per heavy atom. The fourth-order valence-electron chi connectivity index (χ4n) is 2.69. The minimum Gasteiger partial charge on any atom is -0.448 e. The predicted octanol–water partition coefficient (Wildman–Crippen LogP) is 1.55. The molecule has 0 aromatic rings. The van der Waals surface area contributed by atoms with Crippen molar-refractivity contribution in [1.82, 2.24) is 15.1 Å². The first-order valence-electron chi connectivity index (χ1n) is 8.16. The van der Waals surface area contributed by atoms with Crippen LogP contribution in [0.15, 0.2) is 0 Å². The number of nitriles is 1. The first-order chi connectivity index (χ1) is 10.8.